The largest absolute Gasteiger partial charge is 0.329 e. The molecule has 12 heavy (non-hydrogen) atoms. The summed E-state index contributed by atoms with van der Waals surface area (Å²) in [7, 11) is 0. The Hall–Kier alpha value is -0.550. The lowest BCUT2D eigenvalue weighted by molar-refractivity contribution is 0.199. The van der Waals surface area contributed by atoms with E-state index in [0.29, 0.717) is 0 Å². The number of carbonyl (C=O) groups excluding carboxylic acids is 1. The van der Waals surface area contributed by atoms with Gasteiger partial charge in [-0.1, -0.05) is 0 Å². The van der Waals surface area contributed by atoms with Gasteiger partial charge in [0, 0.05) is 12.4 Å². The maximum atomic E-state index is 11.6. The Morgan fingerprint density at radius 2 is 1.58 bits per heavy atom. The van der Waals surface area contributed by atoms with Crippen molar-refractivity contribution in [2.24, 2.45) is 0 Å². The van der Waals surface area contributed by atoms with E-state index >= 15 is 0 Å². The highest BCUT2D eigenvalue weighted by atomic mass is 32.2. The predicted octanol–water partition coefficient (Wildman–Crippen LogP) is 2.06. The van der Waals surface area contributed by atoms with E-state index in [4.69, 9.17) is 0 Å². The van der Waals surface area contributed by atoms with Crippen molar-refractivity contribution in [1.82, 2.24) is 9.80 Å². The van der Waals surface area contributed by atoms with Gasteiger partial charge in [0.2, 0.25) is 0 Å². The minimum Gasteiger partial charge on any atom is -0.290 e. The number of thioether (sulfide) groups is 2. The van der Waals surface area contributed by atoms with Crippen molar-refractivity contribution in [3.63, 3.8) is 0 Å². The number of carbonyl (C=O) groups is 1. The molecule has 2 rings (SSSR count). The number of urea groups is 1. The summed E-state index contributed by atoms with van der Waals surface area (Å²) in [5.74, 6) is 1.49. The molecule has 2 aliphatic rings. The van der Waals surface area contributed by atoms with E-state index in [0.717, 1.165) is 11.8 Å². The third-order valence-corrected chi connectivity index (χ3v) is 3.08. The monoisotopic (exact) mass is 200 g/mol. The van der Waals surface area contributed by atoms with Gasteiger partial charge in [-0.3, -0.25) is 9.80 Å². The summed E-state index contributed by atoms with van der Waals surface area (Å²) < 4.78 is 0. The molecule has 0 atom stereocenters. The van der Waals surface area contributed by atoms with Crippen molar-refractivity contribution >= 4 is 29.6 Å². The Morgan fingerprint density at radius 1 is 1.08 bits per heavy atom. The summed E-state index contributed by atoms with van der Waals surface area (Å²) in [6.45, 7) is 0. The summed E-state index contributed by atoms with van der Waals surface area (Å²) in [4.78, 5) is 15.0. The molecule has 0 aromatic carbocycles. The first kappa shape index (κ1) is 8.07. The van der Waals surface area contributed by atoms with Gasteiger partial charge < -0.3 is 0 Å². The molecule has 0 N–H and O–H groups in total. The number of amides is 2. The van der Waals surface area contributed by atoms with Gasteiger partial charge in [0.25, 0.3) is 0 Å². The minimum atomic E-state index is 0.0671. The van der Waals surface area contributed by atoms with Crippen molar-refractivity contribution in [3.05, 3.63) is 23.2 Å². The summed E-state index contributed by atoms with van der Waals surface area (Å²) in [6, 6.07) is 0.0671. The van der Waals surface area contributed by atoms with Crippen LogP contribution >= 0.6 is 23.5 Å². The fourth-order valence-corrected chi connectivity index (χ4v) is 2.32. The van der Waals surface area contributed by atoms with E-state index in [1.807, 2.05) is 23.2 Å². The van der Waals surface area contributed by atoms with Gasteiger partial charge >= 0.3 is 6.03 Å². The summed E-state index contributed by atoms with van der Waals surface area (Å²) in [6.07, 6.45) is 3.65. The normalized spacial score (nSPS) is 21.0. The lowest BCUT2D eigenvalue weighted by atomic mass is 10.7. The lowest BCUT2D eigenvalue weighted by Gasteiger charge is -2.19. The summed E-state index contributed by atoms with van der Waals surface area (Å²) in [5.41, 5.74) is 0. The van der Waals surface area contributed by atoms with Crippen molar-refractivity contribution in [3.8, 4) is 0 Å². The molecule has 2 aliphatic heterocycles. The Balaban J connectivity index is 1.99. The highest BCUT2D eigenvalue weighted by Crippen LogP contribution is 2.21. The van der Waals surface area contributed by atoms with Crippen LogP contribution in [-0.2, 0) is 0 Å². The third-order valence-electron chi connectivity index (χ3n) is 1.59. The first-order valence-corrected chi connectivity index (χ1v) is 5.61. The van der Waals surface area contributed by atoms with Crippen LogP contribution in [0.3, 0.4) is 0 Å². The van der Waals surface area contributed by atoms with Gasteiger partial charge in [-0.2, -0.15) is 0 Å². The molecule has 0 aromatic rings. The molecule has 0 saturated carbocycles. The molecule has 64 valence electrons. The van der Waals surface area contributed by atoms with Gasteiger partial charge in [-0.15, -0.1) is 23.5 Å². The smallest absolute Gasteiger partial charge is 0.290 e. The van der Waals surface area contributed by atoms with Gasteiger partial charge in [-0.05, 0) is 10.8 Å². The number of nitrogens with zero attached hydrogens (tertiary/aromatic N) is 2. The molecule has 0 bridgehead atoms. The molecular weight excluding hydrogens is 192 g/mol. The Bertz CT molecular complexity index is 228. The van der Waals surface area contributed by atoms with E-state index in [1.165, 1.54) is 0 Å². The zero-order valence-electron chi connectivity index (χ0n) is 6.34. The van der Waals surface area contributed by atoms with Crippen LogP contribution in [0.5, 0.6) is 0 Å². The summed E-state index contributed by atoms with van der Waals surface area (Å²) in [5, 5.41) is 3.87. The second-order valence-corrected chi connectivity index (χ2v) is 4.11. The van der Waals surface area contributed by atoms with Crippen LogP contribution < -0.4 is 0 Å². The average Bonchev–Trinajstić information content (AvgIpc) is 2.77. The highest BCUT2D eigenvalue weighted by Gasteiger charge is 2.20. The molecule has 0 radical (unpaired) electrons. The third kappa shape index (κ3) is 1.47. The van der Waals surface area contributed by atoms with Crippen molar-refractivity contribution < 1.29 is 4.79 Å². The Kier molecular flexibility index (Phi) is 2.32. The molecule has 0 saturated heterocycles. The first-order valence-electron chi connectivity index (χ1n) is 3.52. The van der Waals surface area contributed by atoms with Crippen LogP contribution in [0.2, 0.25) is 0 Å². The molecular formula is C7H8N2OS2. The van der Waals surface area contributed by atoms with E-state index in [1.54, 1.807) is 33.3 Å². The van der Waals surface area contributed by atoms with E-state index < -0.39 is 0 Å². The van der Waals surface area contributed by atoms with Crippen LogP contribution in [0.15, 0.2) is 23.2 Å². The number of hydrogen-bond acceptors (Lipinski definition) is 3. The van der Waals surface area contributed by atoms with Gasteiger partial charge in [-0.25, -0.2) is 4.79 Å². The maximum Gasteiger partial charge on any atom is 0.329 e. The van der Waals surface area contributed by atoms with E-state index in [2.05, 4.69) is 0 Å². The SMILES string of the molecule is O=C(N1C=CSC1)N1C=CSC1. The second kappa shape index (κ2) is 3.45. The zero-order chi connectivity index (χ0) is 8.39. The van der Waals surface area contributed by atoms with Crippen molar-refractivity contribution in [2.75, 3.05) is 11.8 Å². The van der Waals surface area contributed by atoms with Crippen LogP contribution in [0.1, 0.15) is 0 Å². The molecule has 2 amide bonds. The second-order valence-electron chi connectivity index (χ2n) is 2.38. The van der Waals surface area contributed by atoms with Crippen LogP contribution in [-0.4, -0.2) is 27.6 Å². The van der Waals surface area contributed by atoms with Crippen LogP contribution in [0.4, 0.5) is 4.79 Å². The number of rotatable bonds is 0. The highest BCUT2D eigenvalue weighted by molar-refractivity contribution is 8.02. The van der Waals surface area contributed by atoms with Gasteiger partial charge in [0.05, 0.1) is 11.8 Å². The first-order chi connectivity index (χ1) is 5.88. The topological polar surface area (TPSA) is 23.6 Å². The minimum absolute atomic E-state index is 0.0671. The van der Waals surface area contributed by atoms with Gasteiger partial charge in [0.1, 0.15) is 0 Å². The van der Waals surface area contributed by atoms with Crippen LogP contribution in [0, 0.1) is 0 Å². The molecule has 0 spiro atoms. The summed E-state index contributed by atoms with van der Waals surface area (Å²) >= 11 is 3.27. The van der Waals surface area contributed by atoms with Crippen LogP contribution in [0.25, 0.3) is 0 Å². The quantitative estimate of drug-likeness (QED) is 0.598. The van der Waals surface area contributed by atoms with E-state index in [-0.39, 0.29) is 6.03 Å². The molecule has 0 aromatic heterocycles. The van der Waals surface area contributed by atoms with Gasteiger partial charge in [0.15, 0.2) is 0 Å². The number of hydrogen-bond donors (Lipinski definition) is 0. The molecule has 0 unspecified atom stereocenters. The van der Waals surface area contributed by atoms with Crippen molar-refractivity contribution in [1.29, 1.82) is 0 Å². The van der Waals surface area contributed by atoms with E-state index in [9.17, 15) is 4.79 Å². The van der Waals surface area contributed by atoms with Crippen molar-refractivity contribution in [2.45, 2.75) is 0 Å². The molecule has 3 nitrogen and oxygen atoms in total. The predicted molar refractivity (Wildman–Crippen MR) is 52.3 cm³/mol. The zero-order valence-corrected chi connectivity index (χ0v) is 7.98. The lowest BCUT2D eigenvalue weighted by Crippen LogP contribution is -2.34. The molecule has 2 heterocycles. The fraction of sp³-hybridized carbons (Fsp3) is 0.286. The Labute approximate surface area is 79.5 Å². The fourth-order valence-electron chi connectivity index (χ4n) is 0.969. The standard InChI is InChI=1S/C7H8N2OS2/c10-7(8-1-3-11-5-8)9-2-4-12-6-9/h1-4H,5-6H2. The average molecular weight is 200 g/mol. The maximum absolute atomic E-state index is 11.6. The molecule has 0 aliphatic carbocycles. The molecule has 0 fully saturated rings. The molecule has 5 heteroatoms. The Morgan fingerprint density at radius 3 is 1.92 bits per heavy atom.